The molecule has 0 N–H and O–H groups in total. The third-order valence-corrected chi connectivity index (χ3v) is 3.24. The molecule has 1 unspecified atom stereocenters. The van der Waals surface area contributed by atoms with Gasteiger partial charge in [0.05, 0.1) is 12.2 Å². The van der Waals surface area contributed by atoms with Gasteiger partial charge in [0, 0.05) is 24.0 Å². The van der Waals surface area contributed by atoms with Crippen LogP contribution in [0.2, 0.25) is 0 Å². The SMILES string of the molecule is Cc1cccnc1CN1CC(Br)CC1=O. The fraction of sp³-hybridized carbons (Fsp3) is 0.455. The first kappa shape index (κ1) is 10.6. The number of aryl methyl sites for hydroxylation is 1. The highest BCUT2D eigenvalue weighted by molar-refractivity contribution is 9.09. The third kappa shape index (κ3) is 2.37. The Morgan fingerprint density at radius 1 is 1.67 bits per heavy atom. The topological polar surface area (TPSA) is 33.2 Å². The van der Waals surface area contributed by atoms with Crippen LogP contribution in [0.15, 0.2) is 18.3 Å². The summed E-state index contributed by atoms with van der Waals surface area (Å²) in [5.41, 5.74) is 2.13. The Bertz CT molecular complexity index is 381. The summed E-state index contributed by atoms with van der Waals surface area (Å²) in [4.78, 5) is 18.0. The van der Waals surface area contributed by atoms with Crippen molar-refractivity contribution in [3.05, 3.63) is 29.6 Å². The van der Waals surface area contributed by atoms with Crippen molar-refractivity contribution in [1.29, 1.82) is 0 Å². The Morgan fingerprint density at radius 2 is 2.47 bits per heavy atom. The van der Waals surface area contributed by atoms with Crippen molar-refractivity contribution in [1.82, 2.24) is 9.88 Å². The molecule has 1 aliphatic rings. The van der Waals surface area contributed by atoms with Crippen molar-refractivity contribution < 1.29 is 4.79 Å². The van der Waals surface area contributed by atoms with Gasteiger partial charge in [-0.2, -0.15) is 0 Å². The van der Waals surface area contributed by atoms with E-state index in [1.165, 1.54) is 0 Å². The van der Waals surface area contributed by atoms with Gasteiger partial charge in [-0.1, -0.05) is 22.0 Å². The Morgan fingerprint density at radius 3 is 3.07 bits per heavy atom. The summed E-state index contributed by atoms with van der Waals surface area (Å²) >= 11 is 3.47. The van der Waals surface area contributed by atoms with Crippen LogP contribution in [0.3, 0.4) is 0 Å². The normalized spacial score (nSPS) is 21.1. The zero-order chi connectivity index (χ0) is 10.8. The quantitative estimate of drug-likeness (QED) is 0.768. The van der Waals surface area contributed by atoms with E-state index >= 15 is 0 Å². The van der Waals surface area contributed by atoms with Crippen LogP contribution in [-0.4, -0.2) is 27.2 Å². The number of alkyl halides is 1. The van der Waals surface area contributed by atoms with Gasteiger partial charge in [0.2, 0.25) is 5.91 Å². The number of nitrogens with zero attached hydrogens (tertiary/aromatic N) is 2. The van der Waals surface area contributed by atoms with E-state index in [4.69, 9.17) is 0 Å². The maximum Gasteiger partial charge on any atom is 0.224 e. The summed E-state index contributed by atoms with van der Waals surface area (Å²) in [7, 11) is 0. The molecule has 1 saturated heterocycles. The second-order valence-electron chi connectivity index (χ2n) is 3.84. The molecule has 3 nitrogen and oxygen atoms in total. The molecule has 0 aromatic carbocycles. The van der Waals surface area contributed by atoms with Crippen LogP contribution < -0.4 is 0 Å². The molecular formula is C11H13BrN2O. The molecule has 1 aliphatic heterocycles. The fourth-order valence-electron chi connectivity index (χ4n) is 1.74. The molecule has 0 bridgehead atoms. The van der Waals surface area contributed by atoms with Gasteiger partial charge in [0.15, 0.2) is 0 Å². The van der Waals surface area contributed by atoms with Crippen LogP contribution in [0.5, 0.6) is 0 Å². The van der Waals surface area contributed by atoms with Crippen LogP contribution in [0, 0.1) is 6.92 Å². The molecule has 0 spiro atoms. The molecule has 80 valence electrons. The van der Waals surface area contributed by atoms with Crippen molar-refractivity contribution in [3.63, 3.8) is 0 Å². The summed E-state index contributed by atoms with van der Waals surface area (Å²) in [5.74, 6) is 0.210. The number of rotatable bonds is 2. The smallest absolute Gasteiger partial charge is 0.224 e. The number of carbonyl (C=O) groups is 1. The molecule has 2 rings (SSSR count). The van der Waals surface area contributed by atoms with Crippen molar-refractivity contribution in [2.24, 2.45) is 0 Å². The number of carbonyl (C=O) groups excluding carboxylic acids is 1. The Labute approximate surface area is 97.6 Å². The third-order valence-electron chi connectivity index (χ3n) is 2.63. The monoisotopic (exact) mass is 268 g/mol. The summed E-state index contributed by atoms with van der Waals surface area (Å²) < 4.78 is 0. The molecular weight excluding hydrogens is 256 g/mol. The lowest BCUT2D eigenvalue weighted by Crippen LogP contribution is -2.25. The van der Waals surface area contributed by atoms with E-state index in [-0.39, 0.29) is 5.91 Å². The number of aromatic nitrogens is 1. The molecule has 1 aromatic rings. The van der Waals surface area contributed by atoms with Crippen molar-refractivity contribution >= 4 is 21.8 Å². The predicted octanol–water partition coefficient (Wildman–Crippen LogP) is 1.89. The minimum absolute atomic E-state index is 0.210. The van der Waals surface area contributed by atoms with Crippen LogP contribution >= 0.6 is 15.9 Å². The second-order valence-corrected chi connectivity index (χ2v) is 5.14. The van der Waals surface area contributed by atoms with Gasteiger partial charge >= 0.3 is 0 Å². The van der Waals surface area contributed by atoms with Gasteiger partial charge in [0.25, 0.3) is 0 Å². The second kappa shape index (κ2) is 4.31. The number of pyridine rings is 1. The maximum absolute atomic E-state index is 11.6. The van der Waals surface area contributed by atoms with E-state index in [1.807, 2.05) is 24.0 Å². The van der Waals surface area contributed by atoms with E-state index in [1.54, 1.807) is 6.20 Å². The van der Waals surface area contributed by atoms with E-state index in [2.05, 4.69) is 20.9 Å². The Balaban J connectivity index is 2.09. The van der Waals surface area contributed by atoms with Gasteiger partial charge in [-0.05, 0) is 18.6 Å². The highest BCUT2D eigenvalue weighted by Gasteiger charge is 2.27. The van der Waals surface area contributed by atoms with E-state index in [9.17, 15) is 4.79 Å². The van der Waals surface area contributed by atoms with Gasteiger partial charge < -0.3 is 4.90 Å². The van der Waals surface area contributed by atoms with Crippen molar-refractivity contribution in [2.45, 2.75) is 24.7 Å². The maximum atomic E-state index is 11.6. The molecule has 1 aromatic heterocycles. The molecule has 1 amide bonds. The lowest BCUT2D eigenvalue weighted by molar-refractivity contribution is -0.128. The molecule has 0 saturated carbocycles. The fourth-order valence-corrected chi connectivity index (χ4v) is 2.37. The average Bonchev–Trinajstić information content (AvgIpc) is 2.49. The first-order chi connectivity index (χ1) is 7.16. The van der Waals surface area contributed by atoms with Crippen LogP contribution in [-0.2, 0) is 11.3 Å². The molecule has 2 heterocycles. The minimum Gasteiger partial charge on any atom is -0.336 e. The largest absolute Gasteiger partial charge is 0.336 e. The molecule has 0 radical (unpaired) electrons. The summed E-state index contributed by atoms with van der Waals surface area (Å²) in [6.45, 7) is 3.44. The number of halogens is 1. The van der Waals surface area contributed by atoms with Crippen LogP contribution in [0.4, 0.5) is 0 Å². The van der Waals surface area contributed by atoms with Gasteiger partial charge in [-0.3, -0.25) is 9.78 Å². The summed E-state index contributed by atoms with van der Waals surface area (Å²) in [6, 6.07) is 3.94. The van der Waals surface area contributed by atoms with E-state index in [0.29, 0.717) is 17.8 Å². The Hall–Kier alpha value is -0.900. The zero-order valence-corrected chi connectivity index (χ0v) is 10.2. The molecule has 4 heteroatoms. The number of amides is 1. The van der Waals surface area contributed by atoms with Gasteiger partial charge in [-0.15, -0.1) is 0 Å². The van der Waals surface area contributed by atoms with Crippen LogP contribution in [0.1, 0.15) is 17.7 Å². The minimum atomic E-state index is 0.210. The molecule has 1 atom stereocenters. The standard InChI is InChI=1S/C11H13BrN2O/c1-8-3-2-4-13-10(8)7-14-6-9(12)5-11(14)15/h2-4,9H,5-7H2,1H3. The summed E-state index contributed by atoms with van der Waals surface area (Å²) in [5, 5.41) is 0. The molecule has 0 aliphatic carbocycles. The average molecular weight is 269 g/mol. The highest BCUT2D eigenvalue weighted by atomic mass is 79.9. The first-order valence-corrected chi connectivity index (χ1v) is 5.90. The van der Waals surface area contributed by atoms with E-state index < -0.39 is 0 Å². The Kier molecular flexibility index (Phi) is 3.05. The lowest BCUT2D eigenvalue weighted by atomic mass is 10.2. The van der Waals surface area contributed by atoms with Gasteiger partial charge in [0.1, 0.15) is 0 Å². The van der Waals surface area contributed by atoms with Crippen LogP contribution in [0.25, 0.3) is 0 Å². The number of hydrogen-bond donors (Lipinski definition) is 0. The highest BCUT2D eigenvalue weighted by Crippen LogP contribution is 2.20. The van der Waals surface area contributed by atoms with Gasteiger partial charge in [-0.25, -0.2) is 0 Å². The number of hydrogen-bond acceptors (Lipinski definition) is 2. The lowest BCUT2D eigenvalue weighted by Gasteiger charge is -2.16. The first-order valence-electron chi connectivity index (χ1n) is 4.99. The zero-order valence-electron chi connectivity index (χ0n) is 8.61. The predicted molar refractivity (Wildman–Crippen MR) is 61.7 cm³/mol. The summed E-state index contributed by atoms with van der Waals surface area (Å²) in [6.07, 6.45) is 2.38. The van der Waals surface area contributed by atoms with Crippen molar-refractivity contribution in [2.75, 3.05) is 6.54 Å². The molecule has 15 heavy (non-hydrogen) atoms. The van der Waals surface area contributed by atoms with Crippen molar-refractivity contribution in [3.8, 4) is 0 Å². The molecule has 1 fully saturated rings. The van der Waals surface area contributed by atoms with E-state index in [0.717, 1.165) is 17.8 Å². The number of likely N-dealkylation sites (tertiary alicyclic amines) is 1.